The third-order valence-corrected chi connectivity index (χ3v) is 3.32. The Morgan fingerprint density at radius 3 is 2.68 bits per heavy atom. The molecule has 0 aliphatic carbocycles. The molecule has 0 spiro atoms. The number of methoxy groups -OCH3 is 1. The fourth-order valence-electron chi connectivity index (χ4n) is 2.08. The summed E-state index contributed by atoms with van der Waals surface area (Å²) in [5.41, 5.74) is 0.874. The van der Waals surface area contributed by atoms with Crippen LogP contribution in [-0.4, -0.2) is 36.4 Å². The zero-order chi connectivity index (χ0) is 15.9. The molecule has 22 heavy (non-hydrogen) atoms. The molecule has 116 valence electrons. The summed E-state index contributed by atoms with van der Waals surface area (Å²) in [4.78, 5) is 36.3. The largest absolute Gasteiger partial charge is 0.469 e. The lowest BCUT2D eigenvalue weighted by atomic mass is 9.97. The number of rotatable bonds is 4. The van der Waals surface area contributed by atoms with E-state index in [1.807, 2.05) is 30.3 Å². The number of esters is 1. The third kappa shape index (κ3) is 4.18. The van der Waals surface area contributed by atoms with Gasteiger partial charge < -0.3 is 9.47 Å². The normalized spacial score (nSPS) is 17.2. The highest BCUT2D eigenvalue weighted by Gasteiger charge is 2.29. The summed E-state index contributed by atoms with van der Waals surface area (Å²) in [6.07, 6.45) is 2.05. The third-order valence-electron chi connectivity index (χ3n) is 3.32. The van der Waals surface area contributed by atoms with E-state index in [0.717, 1.165) is 5.56 Å². The summed E-state index contributed by atoms with van der Waals surface area (Å²) in [6, 6.07) is 9.29. The van der Waals surface area contributed by atoms with Crippen LogP contribution >= 0.6 is 0 Å². The second-order valence-corrected chi connectivity index (χ2v) is 4.89. The Balaban J connectivity index is 1.91. The van der Waals surface area contributed by atoms with Crippen LogP contribution < -0.4 is 0 Å². The molecule has 0 saturated carbocycles. The highest BCUT2D eigenvalue weighted by atomic mass is 16.6. The van der Waals surface area contributed by atoms with Gasteiger partial charge in [0.2, 0.25) is 0 Å². The van der Waals surface area contributed by atoms with E-state index in [9.17, 15) is 14.4 Å². The van der Waals surface area contributed by atoms with E-state index in [0.29, 0.717) is 0 Å². The first-order valence-electron chi connectivity index (χ1n) is 6.86. The zero-order valence-corrected chi connectivity index (χ0v) is 12.2. The van der Waals surface area contributed by atoms with Crippen LogP contribution in [0.3, 0.4) is 0 Å². The molecule has 0 saturated heterocycles. The van der Waals surface area contributed by atoms with Crippen LogP contribution in [0, 0.1) is 5.92 Å². The molecular weight excluding hydrogens is 286 g/mol. The van der Waals surface area contributed by atoms with Gasteiger partial charge in [0.05, 0.1) is 19.4 Å². The fourth-order valence-corrected chi connectivity index (χ4v) is 2.08. The molecule has 0 N–H and O–H groups in total. The summed E-state index contributed by atoms with van der Waals surface area (Å²) in [7, 11) is 1.26. The van der Waals surface area contributed by atoms with Crippen molar-refractivity contribution >= 4 is 17.8 Å². The molecule has 1 amide bonds. The topological polar surface area (TPSA) is 72.9 Å². The predicted molar refractivity (Wildman–Crippen MR) is 77.6 cm³/mol. The Morgan fingerprint density at radius 1 is 1.27 bits per heavy atom. The Morgan fingerprint density at radius 2 is 2.00 bits per heavy atom. The highest BCUT2D eigenvalue weighted by molar-refractivity contribution is 5.95. The van der Waals surface area contributed by atoms with E-state index in [4.69, 9.17) is 4.74 Å². The summed E-state index contributed by atoms with van der Waals surface area (Å²) < 4.78 is 9.74. The van der Waals surface area contributed by atoms with Crippen molar-refractivity contribution in [1.29, 1.82) is 0 Å². The van der Waals surface area contributed by atoms with Gasteiger partial charge in [0.15, 0.2) is 5.78 Å². The van der Waals surface area contributed by atoms with Gasteiger partial charge in [0.1, 0.15) is 6.61 Å². The number of hydrogen-bond donors (Lipinski definition) is 0. The summed E-state index contributed by atoms with van der Waals surface area (Å²) in [5.74, 6) is -1.27. The van der Waals surface area contributed by atoms with E-state index in [-0.39, 0.29) is 25.4 Å². The van der Waals surface area contributed by atoms with Crippen molar-refractivity contribution in [2.24, 2.45) is 5.92 Å². The van der Waals surface area contributed by atoms with Crippen LogP contribution in [0.1, 0.15) is 12.0 Å². The number of allylic oxidation sites excluding steroid dienone is 1. The number of hydrogen-bond acceptors (Lipinski definition) is 5. The minimum Gasteiger partial charge on any atom is -0.469 e. The van der Waals surface area contributed by atoms with Gasteiger partial charge in [-0.3, -0.25) is 14.5 Å². The Hall–Kier alpha value is -2.63. The molecule has 0 fully saturated rings. The maximum atomic E-state index is 12.0. The van der Waals surface area contributed by atoms with Crippen LogP contribution in [0.25, 0.3) is 0 Å². The number of carbonyl (C=O) groups is 3. The summed E-state index contributed by atoms with van der Waals surface area (Å²) in [6.45, 7) is 0.262. The first-order valence-corrected chi connectivity index (χ1v) is 6.86. The molecule has 6 nitrogen and oxygen atoms in total. The number of carbonyl (C=O) groups excluding carboxylic acids is 3. The maximum absolute atomic E-state index is 12.0. The second-order valence-electron chi connectivity index (χ2n) is 4.89. The average Bonchev–Trinajstić information content (AvgIpc) is 2.55. The van der Waals surface area contributed by atoms with Crippen molar-refractivity contribution in [3.63, 3.8) is 0 Å². The van der Waals surface area contributed by atoms with Gasteiger partial charge >= 0.3 is 12.1 Å². The average molecular weight is 303 g/mol. The van der Waals surface area contributed by atoms with Crippen molar-refractivity contribution in [1.82, 2.24) is 4.90 Å². The fraction of sp³-hybridized carbons (Fsp3) is 0.312. The van der Waals surface area contributed by atoms with Crippen molar-refractivity contribution in [3.05, 3.63) is 48.2 Å². The molecule has 6 heteroatoms. The number of ketones is 1. The van der Waals surface area contributed by atoms with Crippen molar-refractivity contribution in [2.75, 3.05) is 13.7 Å². The first-order chi connectivity index (χ1) is 10.6. The Kier molecular flexibility index (Phi) is 5.30. The van der Waals surface area contributed by atoms with Crippen molar-refractivity contribution in [2.45, 2.75) is 13.0 Å². The molecule has 0 radical (unpaired) electrons. The van der Waals surface area contributed by atoms with E-state index in [2.05, 4.69) is 4.74 Å². The molecule has 1 aliphatic rings. The van der Waals surface area contributed by atoms with Gasteiger partial charge in [-0.25, -0.2) is 4.79 Å². The van der Waals surface area contributed by atoms with Gasteiger partial charge in [-0.15, -0.1) is 0 Å². The number of nitrogens with zero attached hydrogens (tertiary/aromatic N) is 1. The zero-order valence-electron chi connectivity index (χ0n) is 12.2. The molecule has 1 aromatic rings. The van der Waals surface area contributed by atoms with Gasteiger partial charge in [-0.1, -0.05) is 30.3 Å². The minimum absolute atomic E-state index is 0.0534. The molecule has 0 aromatic heterocycles. The first kappa shape index (κ1) is 15.8. The van der Waals surface area contributed by atoms with E-state index in [1.54, 1.807) is 0 Å². The van der Waals surface area contributed by atoms with Crippen LogP contribution in [-0.2, 0) is 25.7 Å². The SMILES string of the molecule is COC(=O)CC1CN(C(=O)OCc2ccccc2)C=CC1=O. The molecule has 1 atom stereocenters. The van der Waals surface area contributed by atoms with Crippen LogP contribution in [0.5, 0.6) is 0 Å². The molecule has 1 heterocycles. The molecule has 1 aliphatic heterocycles. The number of amides is 1. The molecule has 1 unspecified atom stereocenters. The highest BCUT2D eigenvalue weighted by Crippen LogP contribution is 2.16. The number of benzene rings is 1. The standard InChI is InChI=1S/C16H17NO5/c1-21-15(19)9-13-10-17(8-7-14(13)18)16(20)22-11-12-5-3-2-4-6-12/h2-8,13H,9-11H2,1H3. The van der Waals surface area contributed by atoms with Crippen LogP contribution in [0.4, 0.5) is 4.79 Å². The molecule has 0 bridgehead atoms. The van der Waals surface area contributed by atoms with Crippen LogP contribution in [0.2, 0.25) is 0 Å². The van der Waals surface area contributed by atoms with Crippen molar-refractivity contribution < 1.29 is 23.9 Å². The quantitative estimate of drug-likeness (QED) is 0.794. The van der Waals surface area contributed by atoms with Crippen LogP contribution in [0.15, 0.2) is 42.6 Å². The van der Waals surface area contributed by atoms with E-state index < -0.39 is 18.0 Å². The lowest BCUT2D eigenvalue weighted by molar-refractivity contribution is -0.143. The molecule has 1 aromatic carbocycles. The van der Waals surface area contributed by atoms with E-state index in [1.165, 1.54) is 24.3 Å². The maximum Gasteiger partial charge on any atom is 0.414 e. The smallest absolute Gasteiger partial charge is 0.414 e. The van der Waals surface area contributed by atoms with Crippen molar-refractivity contribution in [3.8, 4) is 0 Å². The monoisotopic (exact) mass is 303 g/mol. The lowest BCUT2D eigenvalue weighted by Crippen LogP contribution is -2.38. The van der Waals surface area contributed by atoms with Gasteiger partial charge in [-0.05, 0) is 11.6 Å². The van der Waals surface area contributed by atoms with Gasteiger partial charge in [0.25, 0.3) is 0 Å². The van der Waals surface area contributed by atoms with Gasteiger partial charge in [-0.2, -0.15) is 0 Å². The minimum atomic E-state index is -0.596. The number of ether oxygens (including phenoxy) is 2. The molecular formula is C16H17NO5. The van der Waals surface area contributed by atoms with Gasteiger partial charge in [0, 0.05) is 12.7 Å². The van der Waals surface area contributed by atoms with E-state index >= 15 is 0 Å². The lowest BCUT2D eigenvalue weighted by Gasteiger charge is -2.25. The Labute approximate surface area is 128 Å². The Bertz CT molecular complexity index is 581. The summed E-state index contributed by atoms with van der Waals surface area (Å²) in [5, 5.41) is 0. The predicted octanol–water partition coefficient (Wildman–Crippen LogP) is 1.90. The second kappa shape index (κ2) is 7.40. The summed E-state index contributed by atoms with van der Waals surface area (Å²) >= 11 is 0. The molecule has 2 rings (SSSR count).